The molecule has 3 fully saturated rings. The molecule has 0 amide bonds. The van der Waals surface area contributed by atoms with Gasteiger partial charge in [0, 0.05) is 42.6 Å². The summed E-state index contributed by atoms with van der Waals surface area (Å²) >= 11 is 0. The average Bonchev–Trinajstić information content (AvgIpc) is 3.24. The number of ether oxygens (including phenoxy) is 1. The monoisotopic (exact) mass is 402 g/mol. The minimum absolute atomic E-state index is 0.0780. The van der Waals surface area contributed by atoms with E-state index in [4.69, 9.17) is 9.15 Å². The number of carbonyl (C=O) groups is 2. The molecule has 29 heavy (non-hydrogen) atoms. The lowest BCUT2D eigenvalue weighted by molar-refractivity contribution is -0.326. The number of carbonyl (C=O) groups excluding carboxylic acids is 2. The Morgan fingerprint density at radius 2 is 2.00 bits per heavy atom. The van der Waals surface area contributed by atoms with E-state index in [0.717, 1.165) is 11.3 Å². The van der Waals surface area contributed by atoms with Crippen LogP contribution in [0.5, 0.6) is 0 Å². The van der Waals surface area contributed by atoms with Gasteiger partial charge >= 0.3 is 5.97 Å². The maximum Gasteiger partial charge on any atom is 0.303 e. The molecule has 0 aliphatic heterocycles. The molecule has 0 aromatic carbocycles. The summed E-state index contributed by atoms with van der Waals surface area (Å²) < 4.78 is 11.6. The van der Waals surface area contributed by atoms with Crippen molar-refractivity contribution >= 4 is 11.8 Å². The van der Waals surface area contributed by atoms with E-state index in [0.29, 0.717) is 19.3 Å². The molecule has 8 atom stereocenters. The topological polar surface area (TPSA) is 97.0 Å². The largest absolute Gasteiger partial charge is 0.469 e. The van der Waals surface area contributed by atoms with E-state index in [9.17, 15) is 19.8 Å². The second-order valence-electron chi connectivity index (χ2n) is 10.5. The SMILES string of the molecule is CC(=O)OC1[C@@H]2CC(=O)[C@@H]3c4ccoc4C[C@@H]([C@H]32)[C@@]2(C)[C@@H](O)CCC(C)(C)[C@]12O. The van der Waals surface area contributed by atoms with E-state index in [1.807, 2.05) is 26.8 Å². The number of hydrogen-bond acceptors (Lipinski definition) is 6. The zero-order chi connectivity index (χ0) is 20.9. The second-order valence-corrected chi connectivity index (χ2v) is 10.5. The van der Waals surface area contributed by atoms with Crippen LogP contribution < -0.4 is 0 Å². The first-order valence-electron chi connectivity index (χ1n) is 10.7. The van der Waals surface area contributed by atoms with E-state index >= 15 is 0 Å². The molecule has 3 saturated carbocycles. The van der Waals surface area contributed by atoms with Gasteiger partial charge in [-0.1, -0.05) is 20.8 Å². The third-order valence-electron chi connectivity index (χ3n) is 9.10. The van der Waals surface area contributed by atoms with E-state index in [1.54, 1.807) is 6.26 Å². The lowest BCUT2D eigenvalue weighted by Gasteiger charge is -2.69. The van der Waals surface area contributed by atoms with Crippen LogP contribution >= 0.6 is 0 Å². The van der Waals surface area contributed by atoms with E-state index < -0.39 is 34.6 Å². The summed E-state index contributed by atoms with van der Waals surface area (Å²) in [6.45, 7) is 7.26. The van der Waals surface area contributed by atoms with Crippen molar-refractivity contribution in [2.75, 3.05) is 0 Å². The Hall–Kier alpha value is -1.66. The number of aliphatic hydroxyl groups excluding tert-OH is 1. The summed E-state index contributed by atoms with van der Waals surface area (Å²) in [5, 5.41) is 23.7. The van der Waals surface area contributed by atoms with Crippen LogP contribution in [-0.4, -0.2) is 39.8 Å². The highest BCUT2D eigenvalue weighted by molar-refractivity contribution is 5.89. The van der Waals surface area contributed by atoms with Crippen LogP contribution in [0.2, 0.25) is 0 Å². The van der Waals surface area contributed by atoms with Crippen molar-refractivity contribution in [1.29, 1.82) is 0 Å². The average molecular weight is 402 g/mol. The third kappa shape index (κ3) is 2.09. The number of furan rings is 1. The van der Waals surface area contributed by atoms with Crippen molar-refractivity contribution in [3.05, 3.63) is 23.7 Å². The standard InChI is InChI=1S/C23H30O6/c1-11(24)29-20-13-9-15(25)19-12-6-8-28-16(12)10-14(18(13)19)22(4)17(26)5-7-21(2,3)23(20,22)27/h6,8,13-14,17-20,26-27H,5,7,9-10H2,1-4H3/t13-,14+,17+,18-,19+,20?,22+,23-/m1/s1. The van der Waals surface area contributed by atoms with Crippen molar-refractivity contribution in [3.8, 4) is 0 Å². The van der Waals surface area contributed by atoms with E-state index in [-0.39, 0.29) is 35.9 Å². The Morgan fingerprint density at radius 1 is 1.28 bits per heavy atom. The van der Waals surface area contributed by atoms with Gasteiger partial charge in [-0.3, -0.25) is 9.59 Å². The maximum atomic E-state index is 13.2. The highest BCUT2D eigenvalue weighted by Gasteiger charge is 2.77. The Kier molecular flexibility index (Phi) is 3.81. The van der Waals surface area contributed by atoms with Crippen LogP contribution in [0, 0.1) is 28.6 Å². The molecule has 1 unspecified atom stereocenters. The minimum Gasteiger partial charge on any atom is -0.469 e. The lowest BCUT2D eigenvalue weighted by atomic mass is 9.38. The van der Waals surface area contributed by atoms with Crippen LogP contribution in [0.15, 0.2) is 16.7 Å². The molecule has 0 bridgehead atoms. The number of ketones is 1. The van der Waals surface area contributed by atoms with Gasteiger partial charge in [-0.15, -0.1) is 0 Å². The highest BCUT2D eigenvalue weighted by atomic mass is 16.6. The molecule has 4 aliphatic carbocycles. The summed E-state index contributed by atoms with van der Waals surface area (Å²) in [6.07, 6.45) is 2.09. The van der Waals surface area contributed by atoms with Gasteiger partial charge in [-0.2, -0.15) is 0 Å². The Labute approximate surface area is 170 Å². The van der Waals surface area contributed by atoms with Crippen LogP contribution in [0.4, 0.5) is 0 Å². The van der Waals surface area contributed by atoms with Crippen LogP contribution in [0.3, 0.4) is 0 Å². The molecule has 158 valence electrons. The number of hydrogen-bond donors (Lipinski definition) is 2. The molecule has 6 heteroatoms. The summed E-state index contributed by atoms with van der Waals surface area (Å²) in [4.78, 5) is 25.3. The Bertz CT molecular complexity index is 886. The summed E-state index contributed by atoms with van der Waals surface area (Å²) in [5.74, 6) is -0.343. The zero-order valence-corrected chi connectivity index (χ0v) is 17.5. The Morgan fingerprint density at radius 3 is 2.69 bits per heavy atom. The lowest BCUT2D eigenvalue weighted by Crippen LogP contribution is -2.78. The van der Waals surface area contributed by atoms with E-state index in [1.165, 1.54) is 6.92 Å². The molecular formula is C23H30O6. The van der Waals surface area contributed by atoms with Crippen LogP contribution in [0.25, 0.3) is 0 Å². The summed E-state index contributed by atoms with van der Waals surface area (Å²) in [6, 6.07) is 1.88. The molecule has 0 saturated heterocycles. The summed E-state index contributed by atoms with van der Waals surface area (Å²) in [5.41, 5.74) is -2.03. The van der Waals surface area contributed by atoms with Crippen LogP contribution in [-0.2, 0) is 20.7 Å². The maximum absolute atomic E-state index is 13.2. The van der Waals surface area contributed by atoms with E-state index in [2.05, 4.69) is 0 Å². The predicted octanol–water partition coefficient (Wildman–Crippen LogP) is 2.60. The van der Waals surface area contributed by atoms with Crippen molar-refractivity contribution in [2.24, 2.45) is 28.6 Å². The second kappa shape index (κ2) is 5.73. The Balaban J connectivity index is 1.77. The third-order valence-corrected chi connectivity index (χ3v) is 9.10. The number of Topliss-reactive ketones (excluding diaryl/α,β-unsaturated/α-hetero) is 1. The van der Waals surface area contributed by atoms with Gasteiger partial charge in [0.1, 0.15) is 23.2 Å². The first kappa shape index (κ1) is 19.3. The van der Waals surface area contributed by atoms with Crippen molar-refractivity contribution < 1.29 is 29.0 Å². The summed E-state index contributed by atoms with van der Waals surface area (Å²) in [7, 11) is 0. The van der Waals surface area contributed by atoms with Gasteiger partial charge < -0.3 is 19.4 Å². The van der Waals surface area contributed by atoms with Crippen molar-refractivity contribution in [3.63, 3.8) is 0 Å². The predicted molar refractivity (Wildman–Crippen MR) is 103 cm³/mol. The minimum atomic E-state index is -1.45. The van der Waals surface area contributed by atoms with Gasteiger partial charge in [0.05, 0.1) is 12.4 Å². The molecule has 1 aromatic heterocycles. The van der Waals surface area contributed by atoms with Gasteiger partial charge in [0.15, 0.2) is 0 Å². The first-order valence-corrected chi connectivity index (χ1v) is 10.7. The molecule has 1 aromatic rings. The van der Waals surface area contributed by atoms with Crippen LogP contribution in [0.1, 0.15) is 64.2 Å². The fraction of sp³-hybridized carbons (Fsp3) is 0.739. The molecule has 5 rings (SSSR count). The van der Waals surface area contributed by atoms with Crippen molar-refractivity contribution in [2.45, 2.75) is 77.1 Å². The number of rotatable bonds is 1. The number of fused-ring (bicyclic) bond motifs is 4. The zero-order valence-electron chi connectivity index (χ0n) is 17.5. The highest BCUT2D eigenvalue weighted by Crippen LogP contribution is 2.70. The first-order chi connectivity index (χ1) is 13.5. The normalized spacial score (nSPS) is 47.2. The molecular weight excluding hydrogens is 372 g/mol. The molecule has 0 radical (unpaired) electrons. The van der Waals surface area contributed by atoms with Gasteiger partial charge in [0.2, 0.25) is 0 Å². The molecule has 0 spiro atoms. The van der Waals surface area contributed by atoms with Gasteiger partial charge in [-0.05, 0) is 36.2 Å². The van der Waals surface area contributed by atoms with Gasteiger partial charge in [-0.25, -0.2) is 0 Å². The molecule has 2 N–H and O–H groups in total. The smallest absolute Gasteiger partial charge is 0.303 e. The molecule has 1 heterocycles. The number of esters is 1. The van der Waals surface area contributed by atoms with Crippen molar-refractivity contribution in [1.82, 2.24) is 0 Å². The molecule has 6 nitrogen and oxygen atoms in total. The fourth-order valence-electron chi connectivity index (χ4n) is 7.77. The molecule has 4 aliphatic rings. The van der Waals surface area contributed by atoms with Gasteiger partial charge in [0.25, 0.3) is 0 Å². The quantitative estimate of drug-likeness (QED) is 0.701. The fourth-order valence-corrected chi connectivity index (χ4v) is 7.77. The number of aliphatic hydroxyl groups is 2.